The first-order valence-electron chi connectivity index (χ1n) is 3.05. The third-order valence-electron chi connectivity index (χ3n) is 1.70. The molecule has 0 bridgehead atoms. The van der Waals surface area contributed by atoms with Crippen molar-refractivity contribution in [2.24, 2.45) is 5.73 Å². The van der Waals surface area contributed by atoms with Crippen LogP contribution in [0, 0.1) is 0 Å². The monoisotopic (exact) mass is 116 g/mol. The highest BCUT2D eigenvalue weighted by Crippen LogP contribution is 2.08. The molecule has 0 aliphatic rings. The molecular formula is C6H14NO. The highest BCUT2D eigenvalue weighted by Gasteiger charge is 2.18. The summed E-state index contributed by atoms with van der Waals surface area (Å²) in [5.74, 6) is 0. The molecule has 2 heteroatoms. The van der Waals surface area contributed by atoms with Crippen molar-refractivity contribution in [2.75, 3.05) is 6.61 Å². The summed E-state index contributed by atoms with van der Waals surface area (Å²) in [5.41, 5.74) is 5.15. The molecule has 49 valence electrons. The van der Waals surface area contributed by atoms with Crippen LogP contribution in [0.2, 0.25) is 0 Å². The van der Waals surface area contributed by atoms with Gasteiger partial charge in [-0.05, 0) is 12.8 Å². The number of hydrogen-bond acceptors (Lipinski definition) is 1. The summed E-state index contributed by atoms with van der Waals surface area (Å²) >= 11 is 0. The van der Waals surface area contributed by atoms with E-state index < -0.39 is 5.54 Å². The summed E-state index contributed by atoms with van der Waals surface area (Å²) in [6.45, 7) is 3.74. The molecule has 0 aromatic rings. The highest BCUT2D eigenvalue weighted by atomic mass is 16.3. The van der Waals surface area contributed by atoms with E-state index >= 15 is 0 Å². The highest BCUT2D eigenvalue weighted by molar-refractivity contribution is 4.78. The maximum Gasteiger partial charge on any atom is 0.100 e. The fourth-order valence-electron chi connectivity index (χ4n) is 0.454. The third-order valence-corrected chi connectivity index (χ3v) is 1.70. The van der Waals surface area contributed by atoms with E-state index in [2.05, 4.69) is 0 Å². The molecule has 0 unspecified atom stereocenters. The Morgan fingerprint density at radius 2 is 1.75 bits per heavy atom. The Bertz CT molecular complexity index is 51.3. The predicted molar refractivity (Wildman–Crippen MR) is 33.1 cm³/mol. The standard InChI is InChI=1S/C6H14NO/c1-3-6(7,4-2)5-8/h3-5,7H2,1-2H3. The first-order valence-corrected chi connectivity index (χ1v) is 3.05. The smallest absolute Gasteiger partial charge is 0.100 e. The van der Waals surface area contributed by atoms with Crippen LogP contribution in [0.3, 0.4) is 0 Å². The lowest BCUT2D eigenvalue weighted by Gasteiger charge is -2.21. The number of nitrogens with two attached hydrogens (primary N) is 1. The SMILES string of the molecule is CCC(N)(CC)C[O]. The van der Waals surface area contributed by atoms with Gasteiger partial charge in [0, 0.05) is 5.54 Å². The molecule has 0 aromatic heterocycles. The first kappa shape index (κ1) is 7.92. The second-order valence-corrected chi connectivity index (χ2v) is 2.21. The average Bonchev–Trinajstić information content (AvgIpc) is 1.87. The van der Waals surface area contributed by atoms with Crippen LogP contribution >= 0.6 is 0 Å². The van der Waals surface area contributed by atoms with Gasteiger partial charge >= 0.3 is 0 Å². The maximum atomic E-state index is 10.3. The van der Waals surface area contributed by atoms with E-state index in [4.69, 9.17) is 5.73 Å². The van der Waals surface area contributed by atoms with Crippen molar-refractivity contribution >= 4 is 0 Å². The summed E-state index contributed by atoms with van der Waals surface area (Å²) in [6, 6.07) is 0. The third kappa shape index (κ3) is 1.80. The molecule has 1 radical (unpaired) electrons. The Morgan fingerprint density at radius 3 is 1.75 bits per heavy atom. The lowest BCUT2D eigenvalue weighted by molar-refractivity contribution is 0.117. The molecule has 0 amide bonds. The van der Waals surface area contributed by atoms with E-state index in [1.165, 1.54) is 0 Å². The number of rotatable bonds is 3. The van der Waals surface area contributed by atoms with Crippen molar-refractivity contribution in [3.05, 3.63) is 0 Å². The van der Waals surface area contributed by atoms with Crippen LogP contribution in [0.15, 0.2) is 0 Å². The molecule has 0 saturated carbocycles. The second kappa shape index (κ2) is 3.05. The molecule has 0 aromatic carbocycles. The van der Waals surface area contributed by atoms with Crippen LogP contribution in [-0.4, -0.2) is 12.1 Å². The van der Waals surface area contributed by atoms with Gasteiger partial charge in [0.1, 0.15) is 6.61 Å². The van der Waals surface area contributed by atoms with Gasteiger partial charge in [-0.15, -0.1) is 0 Å². The molecule has 0 atom stereocenters. The average molecular weight is 116 g/mol. The lowest BCUT2D eigenvalue weighted by atomic mass is 9.96. The van der Waals surface area contributed by atoms with Gasteiger partial charge in [-0.25, -0.2) is 5.11 Å². The molecule has 0 aliphatic heterocycles. The Balaban J connectivity index is 3.58. The van der Waals surface area contributed by atoms with E-state index in [9.17, 15) is 5.11 Å². The molecule has 8 heavy (non-hydrogen) atoms. The van der Waals surface area contributed by atoms with Crippen LogP contribution in [0.1, 0.15) is 26.7 Å². The van der Waals surface area contributed by atoms with E-state index in [0.717, 1.165) is 12.8 Å². The maximum absolute atomic E-state index is 10.3. The Kier molecular flexibility index (Phi) is 3.02. The Hall–Kier alpha value is -0.0800. The molecule has 0 rings (SSSR count). The lowest BCUT2D eigenvalue weighted by Crippen LogP contribution is -2.41. The van der Waals surface area contributed by atoms with E-state index in [1.54, 1.807) is 0 Å². The summed E-state index contributed by atoms with van der Waals surface area (Å²) in [6.07, 6.45) is 1.57. The topological polar surface area (TPSA) is 45.9 Å². The summed E-state index contributed by atoms with van der Waals surface area (Å²) in [5, 5.41) is 10.3. The molecule has 0 fully saturated rings. The summed E-state index contributed by atoms with van der Waals surface area (Å²) in [4.78, 5) is 0. The summed E-state index contributed by atoms with van der Waals surface area (Å²) in [7, 11) is 0. The van der Waals surface area contributed by atoms with Crippen LogP contribution < -0.4 is 5.73 Å². The Labute approximate surface area is 50.7 Å². The van der Waals surface area contributed by atoms with Crippen molar-refractivity contribution in [3.8, 4) is 0 Å². The van der Waals surface area contributed by atoms with Gasteiger partial charge in [-0.3, -0.25) is 0 Å². The van der Waals surface area contributed by atoms with Crippen LogP contribution in [0.25, 0.3) is 0 Å². The fourth-order valence-corrected chi connectivity index (χ4v) is 0.454. The first-order chi connectivity index (χ1) is 3.68. The summed E-state index contributed by atoms with van der Waals surface area (Å²) < 4.78 is 0. The fraction of sp³-hybridized carbons (Fsp3) is 1.00. The van der Waals surface area contributed by atoms with Gasteiger partial charge in [0.25, 0.3) is 0 Å². The van der Waals surface area contributed by atoms with Gasteiger partial charge in [0.05, 0.1) is 0 Å². The second-order valence-electron chi connectivity index (χ2n) is 2.21. The minimum atomic E-state index is -0.431. The van der Waals surface area contributed by atoms with Crippen molar-refractivity contribution < 1.29 is 5.11 Å². The van der Waals surface area contributed by atoms with Gasteiger partial charge in [0.2, 0.25) is 0 Å². The van der Waals surface area contributed by atoms with E-state index in [-0.39, 0.29) is 6.61 Å². The molecule has 0 saturated heterocycles. The quantitative estimate of drug-likeness (QED) is 0.586. The molecule has 0 aliphatic carbocycles. The predicted octanol–water partition coefficient (Wildman–Crippen LogP) is 0.934. The zero-order valence-corrected chi connectivity index (χ0v) is 5.61. The molecule has 2 nitrogen and oxygen atoms in total. The number of hydrogen-bond donors (Lipinski definition) is 1. The van der Waals surface area contributed by atoms with E-state index in [1.807, 2.05) is 13.8 Å². The van der Waals surface area contributed by atoms with Crippen molar-refractivity contribution in [1.82, 2.24) is 0 Å². The van der Waals surface area contributed by atoms with Gasteiger partial charge < -0.3 is 5.73 Å². The van der Waals surface area contributed by atoms with Crippen molar-refractivity contribution in [2.45, 2.75) is 32.2 Å². The minimum absolute atomic E-state index is 0.153. The molecular weight excluding hydrogens is 102 g/mol. The van der Waals surface area contributed by atoms with E-state index in [0.29, 0.717) is 0 Å². The van der Waals surface area contributed by atoms with Gasteiger partial charge in [-0.2, -0.15) is 0 Å². The van der Waals surface area contributed by atoms with Crippen molar-refractivity contribution in [1.29, 1.82) is 0 Å². The Morgan fingerprint density at radius 1 is 1.38 bits per heavy atom. The molecule has 0 heterocycles. The van der Waals surface area contributed by atoms with Gasteiger partial charge in [0.15, 0.2) is 0 Å². The van der Waals surface area contributed by atoms with Crippen LogP contribution in [0.5, 0.6) is 0 Å². The normalized spacial score (nSPS) is 12.0. The van der Waals surface area contributed by atoms with Crippen LogP contribution in [0.4, 0.5) is 0 Å². The van der Waals surface area contributed by atoms with Crippen LogP contribution in [-0.2, 0) is 5.11 Å². The van der Waals surface area contributed by atoms with Crippen molar-refractivity contribution in [3.63, 3.8) is 0 Å². The zero-order valence-electron chi connectivity index (χ0n) is 5.61. The molecule has 0 spiro atoms. The zero-order chi connectivity index (χ0) is 6.62. The van der Waals surface area contributed by atoms with Gasteiger partial charge in [-0.1, -0.05) is 13.8 Å². The minimum Gasteiger partial charge on any atom is -0.323 e. The molecule has 2 N–H and O–H groups in total. The largest absolute Gasteiger partial charge is 0.323 e.